The zero-order chi connectivity index (χ0) is 23.7. The molecule has 0 aliphatic carbocycles. The number of nitrogens with one attached hydrogen (secondary N) is 1. The van der Waals surface area contributed by atoms with Gasteiger partial charge in [0.1, 0.15) is 0 Å². The van der Waals surface area contributed by atoms with Crippen molar-refractivity contribution in [2.45, 2.75) is 154 Å². The van der Waals surface area contributed by atoms with Crippen LogP contribution in [0.3, 0.4) is 0 Å². The van der Waals surface area contributed by atoms with Crippen molar-refractivity contribution in [2.75, 3.05) is 6.61 Å². The Bertz CT molecular complexity index is 425. The average molecular weight is 454 g/mol. The van der Waals surface area contributed by atoms with E-state index in [1.807, 2.05) is 0 Å². The first kappa shape index (κ1) is 31.1. The van der Waals surface area contributed by atoms with Crippen LogP contribution in [0.15, 0.2) is 12.2 Å². The maximum Gasteiger partial charge on any atom is 0.220 e. The molecule has 0 spiro atoms. The Kier molecular flexibility index (Phi) is 24.1. The minimum Gasteiger partial charge on any atom is -0.394 e. The Balaban J connectivity index is 3.58. The Morgan fingerprint density at radius 1 is 0.719 bits per heavy atom. The van der Waals surface area contributed by atoms with E-state index < -0.39 is 12.1 Å². The SMILES string of the molecule is CCCCCCCC/C=C\CCCCCCCC(=O)NC(CO)C(O)CCCCCCC. The highest BCUT2D eigenvalue weighted by Gasteiger charge is 2.19. The zero-order valence-corrected chi connectivity index (χ0v) is 21.5. The number of aliphatic hydroxyl groups is 2. The van der Waals surface area contributed by atoms with E-state index in [1.165, 1.54) is 89.9 Å². The van der Waals surface area contributed by atoms with Crippen LogP contribution in [0.1, 0.15) is 142 Å². The minimum absolute atomic E-state index is 0.0493. The highest BCUT2D eigenvalue weighted by molar-refractivity contribution is 5.76. The molecule has 0 aromatic carbocycles. The van der Waals surface area contributed by atoms with E-state index in [0.29, 0.717) is 12.8 Å². The number of aliphatic hydroxyl groups excluding tert-OH is 2. The van der Waals surface area contributed by atoms with Gasteiger partial charge in [-0.2, -0.15) is 0 Å². The quantitative estimate of drug-likeness (QED) is 0.107. The van der Waals surface area contributed by atoms with Crippen LogP contribution in [0.2, 0.25) is 0 Å². The minimum atomic E-state index is -0.653. The van der Waals surface area contributed by atoms with Crippen LogP contribution >= 0.6 is 0 Å². The molecule has 0 aliphatic heterocycles. The Hall–Kier alpha value is -0.870. The third-order valence-electron chi connectivity index (χ3n) is 6.28. The lowest BCUT2D eigenvalue weighted by molar-refractivity contribution is -0.123. The molecule has 0 aliphatic rings. The molecule has 0 fully saturated rings. The van der Waals surface area contributed by atoms with E-state index in [2.05, 4.69) is 31.3 Å². The van der Waals surface area contributed by atoms with Gasteiger partial charge in [0.15, 0.2) is 0 Å². The van der Waals surface area contributed by atoms with Crippen LogP contribution in [-0.2, 0) is 4.79 Å². The largest absolute Gasteiger partial charge is 0.394 e. The summed E-state index contributed by atoms with van der Waals surface area (Å²) in [5, 5.41) is 22.6. The van der Waals surface area contributed by atoms with Gasteiger partial charge >= 0.3 is 0 Å². The number of amides is 1. The van der Waals surface area contributed by atoms with Crippen molar-refractivity contribution in [2.24, 2.45) is 0 Å². The van der Waals surface area contributed by atoms with Crippen molar-refractivity contribution < 1.29 is 15.0 Å². The number of hydrogen-bond acceptors (Lipinski definition) is 3. The highest BCUT2D eigenvalue weighted by atomic mass is 16.3. The normalized spacial score (nSPS) is 13.5. The summed E-state index contributed by atoms with van der Waals surface area (Å²) in [5.41, 5.74) is 0. The van der Waals surface area contributed by atoms with Gasteiger partial charge in [-0.3, -0.25) is 4.79 Å². The van der Waals surface area contributed by atoms with E-state index in [4.69, 9.17) is 0 Å². The van der Waals surface area contributed by atoms with Gasteiger partial charge < -0.3 is 15.5 Å². The second kappa shape index (κ2) is 24.8. The highest BCUT2D eigenvalue weighted by Crippen LogP contribution is 2.12. The summed E-state index contributed by atoms with van der Waals surface area (Å²) < 4.78 is 0. The lowest BCUT2D eigenvalue weighted by Crippen LogP contribution is -2.45. The van der Waals surface area contributed by atoms with Crippen LogP contribution in [0.4, 0.5) is 0 Å². The number of rotatable bonds is 24. The number of carbonyl (C=O) groups is 1. The zero-order valence-electron chi connectivity index (χ0n) is 21.5. The fourth-order valence-corrected chi connectivity index (χ4v) is 4.06. The van der Waals surface area contributed by atoms with Crippen LogP contribution in [0.5, 0.6) is 0 Å². The van der Waals surface area contributed by atoms with Gasteiger partial charge in [0, 0.05) is 6.42 Å². The van der Waals surface area contributed by atoms with E-state index in [9.17, 15) is 15.0 Å². The molecule has 1 amide bonds. The average Bonchev–Trinajstić information content (AvgIpc) is 2.79. The third kappa shape index (κ3) is 21.0. The molecule has 0 bridgehead atoms. The molecule has 0 saturated heterocycles. The van der Waals surface area contributed by atoms with Gasteiger partial charge in [-0.1, -0.05) is 109 Å². The van der Waals surface area contributed by atoms with Crippen molar-refractivity contribution in [3.8, 4) is 0 Å². The molecule has 0 aromatic heterocycles. The molecule has 0 radical (unpaired) electrons. The van der Waals surface area contributed by atoms with Crippen molar-refractivity contribution >= 4 is 5.91 Å². The maximum absolute atomic E-state index is 12.1. The number of carbonyl (C=O) groups excluding carboxylic acids is 1. The number of unbranched alkanes of at least 4 members (excludes halogenated alkanes) is 15. The summed E-state index contributed by atoms with van der Waals surface area (Å²) in [7, 11) is 0. The first-order valence-corrected chi connectivity index (χ1v) is 13.9. The summed E-state index contributed by atoms with van der Waals surface area (Å²) in [4.78, 5) is 12.1. The summed E-state index contributed by atoms with van der Waals surface area (Å²) >= 11 is 0. The monoisotopic (exact) mass is 453 g/mol. The van der Waals surface area contributed by atoms with Gasteiger partial charge in [-0.15, -0.1) is 0 Å². The van der Waals surface area contributed by atoms with Crippen molar-refractivity contribution in [1.82, 2.24) is 5.32 Å². The van der Waals surface area contributed by atoms with Crippen LogP contribution < -0.4 is 5.32 Å². The lowest BCUT2D eigenvalue weighted by Gasteiger charge is -2.22. The molecule has 0 saturated carbocycles. The summed E-state index contributed by atoms with van der Waals surface area (Å²) in [6.45, 7) is 4.24. The fourth-order valence-electron chi connectivity index (χ4n) is 4.06. The second-order valence-corrected chi connectivity index (χ2v) is 9.46. The van der Waals surface area contributed by atoms with Crippen molar-refractivity contribution in [1.29, 1.82) is 0 Å². The molecule has 4 heteroatoms. The van der Waals surface area contributed by atoms with E-state index in [1.54, 1.807) is 0 Å². The molecule has 0 rings (SSSR count). The molecular weight excluding hydrogens is 398 g/mol. The number of allylic oxidation sites excluding steroid dienone is 2. The van der Waals surface area contributed by atoms with E-state index >= 15 is 0 Å². The summed E-state index contributed by atoms with van der Waals surface area (Å²) in [6, 6.07) is -0.531. The standard InChI is InChI=1S/C28H55NO3/c1-3-5-7-9-10-11-12-13-14-15-16-17-18-20-22-24-28(32)29-26(25-30)27(31)23-21-19-8-6-4-2/h13-14,26-27,30-31H,3-12,15-25H2,1-2H3,(H,29,32)/b14-13-. The van der Waals surface area contributed by atoms with Gasteiger partial charge in [-0.25, -0.2) is 0 Å². The van der Waals surface area contributed by atoms with E-state index in [-0.39, 0.29) is 12.5 Å². The topological polar surface area (TPSA) is 69.6 Å². The Morgan fingerprint density at radius 2 is 1.19 bits per heavy atom. The first-order valence-electron chi connectivity index (χ1n) is 13.9. The van der Waals surface area contributed by atoms with Gasteiger partial charge in [-0.05, 0) is 38.5 Å². The Labute approximate surface area is 199 Å². The summed E-state index contributed by atoms with van der Waals surface area (Å²) in [5.74, 6) is -0.0493. The molecule has 3 N–H and O–H groups in total. The van der Waals surface area contributed by atoms with Crippen molar-refractivity contribution in [3.05, 3.63) is 12.2 Å². The van der Waals surface area contributed by atoms with Gasteiger partial charge in [0.2, 0.25) is 5.91 Å². The van der Waals surface area contributed by atoms with Crippen LogP contribution in [-0.4, -0.2) is 34.9 Å². The number of hydrogen-bond donors (Lipinski definition) is 3. The predicted molar refractivity (Wildman–Crippen MR) is 138 cm³/mol. The lowest BCUT2D eigenvalue weighted by atomic mass is 10.0. The third-order valence-corrected chi connectivity index (χ3v) is 6.28. The molecule has 190 valence electrons. The molecule has 4 nitrogen and oxygen atoms in total. The Morgan fingerprint density at radius 3 is 1.72 bits per heavy atom. The molecule has 32 heavy (non-hydrogen) atoms. The molecule has 2 atom stereocenters. The molecule has 2 unspecified atom stereocenters. The van der Waals surface area contributed by atoms with Crippen molar-refractivity contribution in [3.63, 3.8) is 0 Å². The second-order valence-electron chi connectivity index (χ2n) is 9.46. The molecule has 0 aromatic rings. The predicted octanol–water partition coefficient (Wildman–Crippen LogP) is 7.22. The van der Waals surface area contributed by atoms with Gasteiger partial charge in [0.05, 0.1) is 18.8 Å². The summed E-state index contributed by atoms with van der Waals surface area (Å²) in [6.07, 6.45) is 27.0. The first-order chi connectivity index (χ1) is 15.7. The smallest absolute Gasteiger partial charge is 0.220 e. The fraction of sp³-hybridized carbons (Fsp3) is 0.893. The maximum atomic E-state index is 12.1. The van der Waals surface area contributed by atoms with Crippen LogP contribution in [0.25, 0.3) is 0 Å². The van der Waals surface area contributed by atoms with E-state index in [0.717, 1.165) is 25.7 Å². The molecule has 0 heterocycles. The van der Waals surface area contributed by atoms with Gasteiger partial charge in [0.25, 0.3) is 0 Å². The van der Waals surface area contributed by atoms with Crippen LogP contribution in [0, 0.1) is 0 Å². The molecular formula is C28H55NO3.